The number of hydrogen-bond donors (Lipinski definition) is 1. The zero-order valence-corrected chi connectivity index (χ0v) is 18.5. The summed E-state index contributed by atoms with van der Waals surface area (Å²) in [5, 5.41) is 3.03. The van der Waals surface area contributed by atoms with Crippen LogP contribution in [0.15, 0.2) is 53.4 Å². The molecule has 2 aromatic carbocycles. The van der Waals surface area contributed by atoms with Gasteiger partial charge in [0.2, 0.25) is 10.0 Å². The smallest absolute Gasteiger partial charge is 0.251 e. The molecule has 0 aromatic heterocycles. The van der Waals surface area contributed by atoms with Gasteiger partial charge in [-0.15, -0.1) is 0 Å². The van der Waals surface area contributed by atoms with Crippen LogP contribution in [0, 0.1) is 5.92 Å². The third-order valence-electron chi connectivity index (χ3n) is 4.87. The monoisotopic (exact) mass is 418 g/mol. The SMILES string of the molecule is CCN(CC)S(=O)(=O)c1cccc(C(=O)N[C@@H](c2ccc(OC)cc2)C(C)C)c1. The third-order valence-corrected chi connectivity index (χ3v) is 6.91. The third kappa shape index (κ3) is 5.36. The largest absolute Gasteiger partial charge is 0.497 e. The van der Waals surface area contributed by atoms with Crippen LogP contribution in [-0.2, 0) is 10.0 Å². The summed E-state index contributed by atoms with van der Waals surface area (Å²) in [4.78, 5) is 13.0. The predicted octanol–water partition coefficient (Wildman–Crippen LogP) is 3.85. The molecule has 0 aliphatic heterocycles. The van der Waals surface area contributed by atoms with Gasteiger partial charge in [-0.1, -0.05) is 45.9 Å². The Balaban J connectivity index is 2.29. The van der Waals surface area contributed by atoms with E-state index in [1.54, 1.807) is 33.1 Å². The molecule has 0 aliphatic rings. The Morgan fingerprint density at radius 2 is 1.69 bits per heavy atom. The first kappa shape index (κ1) is 22.9. The van der Waals surface area contributed by atoms with Crippen molar-refractivity contribution in [1.29, 1.82) is 0 Å². The fourth-order valence-electron chi connectivity index (χ4n) is 3.18. The van der Waals surface area contributed by atoms with Gasteiger partial charge >= 0.3 is 0 Å². The lowest BCUT2D eigenvalue weighted by atomic mass is 9.95. The summed E-state index contributed by atoms with van der Waals surface area (Å²) in [6, 6.07) is 13.5. The Kier molecular flexibility index (Phi) is 7.81. The summed E-state index contributed by atoms with van der Waals surface area (Å²) in [5.41, 5.74) is 1.28. The number of carbonyl (C=O) groups excluding carboxylic acids is 1. The molecule has 2 aromatic rings. The number of amides is 1. The number of sulfonamides is 1. The van der Waals surface area contributed by atoms with Crippen LogP contribution in [0.2, 0.25) is 0 Å². The summed E-state index contributed by atoms with van der Waals surface area (Å²) in [5.74, 6) is 0.586. The molecular formula is C22H30N2O4S. The van der Waals surface area contributed by atoms with Crippen molar-refractivity contribution >= 4 is 15.9 Å². The van der Waals surface area contributed by atoms with Gasteiger partial charge in [-0.2, -0.15) is 4.31 Å². The molecule has 1 N–H and O–H groups in total. The average Bonchev–Trinajstić information content (AvgIpc) is 2.72. The highest BCUT2D eigenvalue weighted by molar-refractivity contribution is 7.89. The molecule has 1 atom stereocenters. The Morgan fingerprint density at radius 3 is 2.21 bits per heavy atom. The zero-order valence-electron chi connectivity index (χ0n) is 17.7. The van der Waals surface area contributed by atoms with E-state index < -0.39 is 10.0 Å². The highest BCUT2D eigenvalue weighted by atomic mass is 32.2. The first-order valence-corrected chi connectivity index (χ1v) is 11.2. The van der Waals surface area contributed by atoms with Gasteiger partial charge in [0.1, 0.15) is 5.75 Å². The number of hydrogen-bond acceptors (Lipinski definition) is 4. The quantitative estimate of drug-likeness (QED) is 0.671. The minimum Gasteiger partial charge on any atom is -0.497 e. The van der Waals surface area contributed by atoms with Gasteiger partial charge < -0.3 is 10.1 Å². The van der Waals surface area contributed by atoms with Crippen LogP contribution in [0.1, 0.15) is 49.7 Å². The molecule has 0 heterocycles. The fourth-order valence-corrected chi connectivity index (χ4v) is 4.69. The van der Waals surface area contributed by atoms with Crippen molar-refractivity contribution in [1.82, 2.24) is 9.62 Å². The van der Waals surface area contributed by atoms with Crippen molar-refractivity contribution in [3.05, 3.63) is 59.7 Å². The molecule has 0 saturated carbocycles. The molecule has 158 valence electrons. The molecule has 0 spiro atoms. The number of ether oxygens (including phenoxy) is 1. The van der Waals surface area contributed by atoms with E-state index in [0.717, 1.165) is 11.3 Å². The summed E-state index contributed by atoms with van der Waals surface area (Å²) >= 11 is 0. The van der Waals surface area contributed by atoms with Crippen molar-refractivity contribution in [2.24, 2.45) is 5.92 Å². The predicted molar refractivity (Wildman–Crippen MR) is 115 cm³/mol. The Morgan fingerprint density at radius 1 is 1.07 bits per heavy atom. The molecule has 0 saturated heterocycles. The Labute approximate surface area is 173 Å². The lowest BCUT2D eigenvalue weighted by Gasteiger charge is -2.23. The van der Waals surface area contributed by atoms with Gasteiger partial charge in [0, 0.05) is 18.7 Å². The number of nitrogens with zero attached hydrogens (tertiary/aromatic N) is 1. The molecule has 6 nitrogen and oxygen atoms in total. The van der Waals surface area contributed by atoms with Crippen molar-refractivity contribution in [3.8, 4) is 5.75 Å². The maximum Gasteiger partial charge on any atom is 0.251 e. The summed E-state index contributed by atoms with van der Waals surface area (Å²) in [7, 11) is -2.02. The summed E-state index contributed by atoms with van der Waals surface area (Å²) in [6.07, 6.45) is 0. The molecule has 29 heavy (non-hydrogen) atoms. The van der Waals surface area contributed by atoms with E-state index in [4.69, 9.17) is 4.74 Å². The van der Waals surface area contributed by atoms with Crippen LogP contribution < -0.4 is 10.1 Å². The second kappa shape index (κ2) is 9.89. The van der Waals surface area contributed by atoms with E-state index in [-0.39, 0.29) is 22.8 Å². The van der Waals surface area contributed by atoms with Gasteiger partial charge in [0.25, 0.3) is 5.91 Å². The van der Waals surface area contributed by atoms with Crippen molar-refractivity contribution in [3.63, 3.8) is 0 Å². The van der Waals surface area contributed by atoms with Crippen molar-refractivity contribution < 1.29 is 17.9 Å². The molecule has 2 rings (SSSR count). The van der Waals surface area contributed by atoms with Gasteiger partial charge in [-0.05, 0) is 41.8 Å². The molecule has 0 aliphatic carbocycles. The normalized spacial score (nSPS) is 12.8. The van der Waals surface area contributed by atoms with Crippen LogP contribution in [0.4, 0.5) is 0 Å². The van der Waals surface area contributed by atoms with Crippen LogP contribution in [0.3, 0.4) is 0 Å². The maximum atomic E-state index is 12.9. The second-order valence-corrected chi connectivity index (χ2v) is 9.02. The van der Waals surface area contributed by atoms with Crippen LogP contribution in [0.25, 0.3) is 0 Å². The van der Waals surface area contributed by atoms with Crippen LogP contribution in [-0.4, -0.2) is 38.8 Å². The van der Waals surface area contributed by atoms with E-state index in [2.05, 4.69) is 5.32 Å². The molecule has 7 heteroatoms. The van der Waals surface area contributed by atoms with E-state index in [9.17, 15) is 13.2 Å². The number of rotatable bonds is 9. The summed E-state index contributed by atoms with van der Waals surface area (Å²) < 4.78 is 32.1. The number of carbonyl (C=O) groups is 1. The minimum atomic E-state index is -3.62. The minimum absolute atomic E-state index is 0.124. The van der Waals surface area contributed by atoms with E-state index in [1.807, 2.05) is 38.1 Å². The first-order valence-electron chi connectivity index (χ1n) is 9.79. The number of benzene rings is 2. The lowest BCUT2D eigenvalue weighted by Crippen LogP contribution is -2.33. The Bertz CT molecular complexity index is 920. The van der Waals surface area contributed by atoms with Gasteiger partial charge in [-0.25, -0.2) is 8.42 Å². The highest BCUT2D eigenvalue weighted by Crippen LogP contribution is 2.25. The Hall–Kier alpha value is -2.38. The standard InChI is InChI=1S/C22H30N2O4S/c1-6-24(7-2)29(26,27)20-10-8-9-18(15-20)22(25)23-21(16(3)4)17-11-13-19(28-5)14-12-17/h8-16,21H,6-7H2,1-5H3,(H,23,25)/t21-/m1/s1. The topological polar surface area (TPSA) is 75.7 Å². The summed E-state index contributed by atoms with van der Waals surface area (Å²) in [6.45, 7) is 8.39. The van der Waals surface area contributed by atoms with E-state index in [0.29, 0.717) is 18.7 Å². The number of methoxy groups -OCH3 is 1. The lowest BCUT2D eigenvalue weighted by molar-refractivity contribution is 0.0925. The van der Waals surface area contributed by atoms with Crippen LogP contribution in [0.5, 0.6) is 5.75 Å². The first-order chi connectivity index (χ1) is 13.7. The molecule has 0 unspecified atom stereocenters. The highest BCUT2D eigenvalue weighted by Gasteiger charge is 2.24. The number of nitrogens with one attached hydrogen (secondary N) is 1. The van der Waals surface area contributed by atoms with E-state index >= 15 is 0 Å². The zero-order chi connectivity index (χ0) is 21.6. The van der Waals surface area contributed by atoms with Crippen LogP contribution >= 0.6 is 0 Å². The maximum absolute atomic E-state index is 12.9. The molecule has 0 bridgehead atoms. The van der Waals surface area contributed by atoms with Crippen molar-refractivity contribution in [2.45, 2.75) is 38.6 Å². The average molecular weight is 419 g/mol. The van der Waals surface area contributed by atoms with Gasteiger partial charge in [0.05, 0.1) is 18.0 Å². The van der Waals surface area contributed by atoms with E-state index in [1.165, 1.54) is 16.4 Å². The molecular weight excluding hydrogens is 388 g/mol. The molecule has 0 fully saturated rings. The molecule has 1 amide bonds. The molecule has 0 radical (unpaired) electrons. The van der Waals surface area contributed by atoms with Crippen molar-refractivity contribution in [2.75, 3.05) is 20.2 Å². The van der Waals surface area contributed by atoms with Gasteiger partial charge in [-0.3, -0.25) is 4.79 Å². The van der Waals surface area contributed by atoms with Gasteiger partial charge in [0.15, 0.2) is 0 Å². The second-order valence-electron chi connectivity index (χ2n) is 7.09. The fraction of sp³-hybridized carbons (Fsp3) is 0.409.